The van der Waals surface area contributed by atoms with Gasteiger partial charge in [-0.3, -0.25) is 24.0 Å². The van der Waals surface area contributed by atoms with Crippen molar-refractivity contribution < 1.29 is 66.6 Å². The molecule has 56 heavy (non-hydrogen) atoms. The van der Waals surface area contributed by atoms with Crippen molar-refractivity contribution in [3.8, 4) is 0 Å². The van der Waals surface area contributed by atoms with Crippen LogP contribution in [0.1, 0.15) is 95.4 Å². The number of carbonyl (C=O) groups is 5. The number of hydrogen-bond donors (Lipinski definition) is 0. The highest BCUT2D eigenvalue weighted by Gasteiger charge is 2.59. The molecule has 14 nitrogen and oxygen atoms in total. The van der Waals surface area contributed by atoms with E-state index in [1.54, 1.807) is 27.0 Å². The highest BCUT2D eigenvalue weighted by molar-refractivity contribution is 5.69. The Morgan fingerprint density at radius 1 is 0.857 bits per heavy atom. The van der Waals surface area contributed by atoms with Crippen LogP contribution in [-0.2, 0) is 66.6 Å². The van der Waals surface area contributed by atoms with Gasteiger partial charge < -0.3 is 42.6 Å². The van der Waals surface area contributed by atoms with E-state index in [4.69, 9.17) is 42.6 Å². The molecule has 1 saturated carbocycles. The Morgan fingerprint density at radius 3 is 1.95 bits per heavy atom. The Kier molecular flexibility index (Phi) is 14.8. The van der Waals surface area contributed by atoms with E-state index >= 15 is 0 Å². The summed E-state index contributed by atoms with van der Waals surface area (Å²) in [5.74, 6) is -3.54. The van der Waals surface area contributed by atoms with Gasteiger partial charge in [0.25, 0.3) is 0 Å². The lowest BCUT2D eigenvalue weighted by molar-refractivity contribution is -0.323. The van der Waals surface area contributed by atoms with E-state index < -0.39 is 89.9 Å². The average molecular weight is 791 g/mol. The Labute approximate surface area is 330 Å². The number of esters is 5. The Morgan fingerprint density at radius 2 is 1.41 bits per heavy atom. The highest BCUT2D eigenvalue weighted by Crippen LogP contribution is 2.57. The summed E-state index contributed by atoms with van der Waals surface area (Å²) in [6.07, 6.45) is -3.59. The van der Waals surface area contributed by atoms with Crippen LogP contribution in [0.5, 0.6) is 0 Å². The SMILES string of the molecule is C=CC(C)(C)OC[C@H]1O[C@H](O[C@@H]2C3=C(C(C)C)C[C@H](OC(C)=O)[C@]3(C)/C=C3/[C@@H](COC)CC[C@H]3[C@@H](C)[C@H]2OC(C)=O)[C@H](OC(C)=O)[C@@H](OC(C)=O)[C@@H]1OC(C)=O. The van der Waals surface area contributed by atoms with Crippen LogP contribution < -0.4 is 0 Å². The Hall–Kier alpha value is -3.59. The molecule has 4 rings (SSSR count). The molecule has 314 valence electrons. The van der Waals surface area contributed by atoms with Crippen molar-refractivity contribution in [1.82, 2.24) is 0 Å². The monoisotopic (exact) mass is 790 g/mol. The van der Waals surface area contributed by atoms with Crippen molar-refractivity contribution in [1.29, 1.82) is 0 Å². The number of rotatable bonds is 14. The summed E-state index contributed by atoms with van der Waals surface area (Å²) < 4.78 is 55.3. The van der Waals surface area contributed by atoms with E-state index in [0.29, 0.717) is 13.0 Å². The zero-order valence-corrected chi connectivity index (χ0v) is 35.0. The van der Waals surface area contributed by atoms with Crippen LogP contribution in [0.2, 0.25) is 0 Å². The van der Waals surface area contributed by atoms with Gasteiger partial charge in [-0.15, -0.1) is 6.58 Å². The lowest BCUT2D eigenvalue weighted by atomic mass is 9.67. The van der Waals surface area contributed by atoms with Crippen molar-refractivity contribution >= 4 is 29.8 Å². The summed E-state index contributed by atoms with van der Waals surface area (Å²) in [4.78, 5) is 63.9. The van der Waals surface area contributed by atoms with E-state index in [2.05, 4.69) is 12.7 Å². The van der Waals surface area contributed by atoms with Crippen molar-refractivity contribution in [2.75, 3.05) is 20.3 Å². The molecule has 0 unspecified atom stereocenters. The first-order chi connectivity index (χ1) is 26.1. The highest BCUT2D eigenvalue weighted by atomic mass is 16.7. The van der Waals surface area contributed by atoms with E-state index in [-0.39, 0.29) is 30.3 Å². The van der Waals surface area contributed by atoms with Crippen LogP contribution in [-0.4, -0.2) is 105 Å². The zero-order chi connectivity index (χ0) is 41.9. The minimum absolute atomic E-state index is 0.0639. The van der Waals surface area contributed by atoms with Gasteiger partial charge in [-0.1, -0.05) is 44.1 Å². The quantitative estimate of drug-likeness (QED) is 0.125. The van der Waals surface area contributed by atoms with E-state index in [9.17, 15) is 24.0 Å². The molecule has 4 aliphatic rings. The average Bonchev–Trinajstić information content (AvgIpc) is 3.59. The standard InChI is InChI=1S/C42H62O14/c1-14-41(10,11)49-20-32-36(52-25(7)45)38(53-26(8)46)39(54-27(9)47)40(55-32)56-37-34-30(21(2)3)17-33(50-23(5)43)42(34,12)18-31-28(19-48-13)15-16-29(31)22(4)35(37)51-24(6)44/h14,18,21-22,28-29,32-33,35-40H,1,15-17,19-20H2,2-13H3/b31-18-/t22-,28-,29+,32-,33+,35-,36-,37-,38+,39-,40-,42+/m1/s1. The smallest absolute Gasteiger partial charge is 0.303 e. The lowest BCUT2D eigenvalue weighted by Crippen LogP contribution is -2.64. The first-order valence-electron chi connectivity index (χ1n) is 19.5. The molecule has 0 aromatic heterocycles. The van der Waals surface area contributed by atoms with Crippen LogP contribution in [0.25, 0.3) is 0 Å². The summed E-state index contributed by atoms with van der Waals surface area (Å²) in [6, 6.07) is 0. The number of carbonyl (C=O) groups excluding carboxylic acids is 5. The minimum atomic E-state index is -1.49. The largest absolute Gasteiger partial charge is 0.461 e. The number of methoxy groups -OCH3 is 1. The molecule has 12 atom stereocenters. The Bertz CT molecular complexity index is 1560. The van der Waals surface area contributed by atoms with Crippen molar-refractivity contribution in [2.45, 2.75) is 150 Å². The van der Waals surface area contributed by atoms with Crippen molar-refractivity contribution in [2.24, 2.45) is 29.1 Å². The summed E-state index contributed by atoms with van der Waals surface area (Å²) in [5, 5.41) is 0. The molecule has 0 aromatic carbocycles. The molecule has 1 saturated heterocycles. The molecule has 0 bridgehead atoms. The van der Waals surface area contributed by atoms with Crippen LogP contribution in [0.4, 0.5) is 0 Å². The fourth-order valence-corrected chi connectivity index (χ4v) is 8.92. The maximum absolute atomic E-state index is 13.1. The maximum atomic E-state index is 13.1. The molecule has 0 spiro atoms. The van der Waals surface area contributed by atoms with Gasteiger partial charge in [0, 0.05) is 65.4 Å². The maximum Gasteiger partial charge on any atom is 0.303 e. The lowest BCUT2D eigenvalue weighted by Gasteiger charge is -2.48. The van der Waals surface area contributed by atoms with Crippen LogP contribution in [0.15, 0.2) is 35.5 Å². The zero-order valence-electron chi connectivity index (χ0n) is 35.0. The normalized spacial score (nSPS) is 35.2. The molecule has 3 aliphatic carbocycles. The number of ether oxygens (including phenoxy) is 9. The molecule has 1 aliphatic heterocycles. The third kappa shape index (κ3) is 10.1. The second-order valence-corrected chi connectivity index (χ2v) is 16.5. The topological polar surface area (TPSA) is 168 Å². The van der Waals surface area contributed by atoms with Crippen LogP contribution in [0, 0.1) is 29.1 Å². The molecule has 14 heteroatoms. The van der Waals surface area contributed by atoms with Crippen LogP contribution >= 0.6 is 0 Å². The van der Waals surface area contributed by atoms with Crippen molar-refractivity contribution in [3.63, 3.8) is 0 Å². The second-order valence-electron chi connectivity index (χ2n) is 16.5. The molecule has 0 N–H and O–H groups in total. The summed E-state index contributed by atoms with van der Waals surface area (Å²) in [7, 11) is 1.67. The van der Waals surface area contributed by atoms with E-state index in [1.807, 2.05) is 27.7 Å². The number of fused-ring (bicyclic) bond motifs is 2. The summed E-state index contributed by atoms with van der Waals surface area (Å²) in [6.45, 7) is 22.1. The number of hydrogen-bond acceptors (Lipinski definition) is 14. The van der Waals surface area contributed by atoms with Gasteiger partial charge in [0.1, 0.15) is 24.4 Å². The third-order valence-corrected chi connectivity index (χ3v) is 11.5. The molecule has 0 radical (unpaired) electrons. The van der Waals surface area contributed by atoms with Gasteiger partial charge in [0.05, 0.1) is 18.8 Å². The van der Waals surface area contributed by atoms with Gasteiger partial charge in [-0.05, 0) is 51.0 Å². The van der Waals surface area contributed by atoms with Gasteiger partial charge >= 0.3 is 29.8 Å². The minimum Gasteiger partial charge on any atom is -0.461 e. The second kappa shape index (κ2) is 18.3. The predicted octanol–water partition coefficient (Wildman–Crippen LogP) is 5.35. The van der Waals surface area contributed by atoms with Crippen LogP contribution in [0.3, 0.4) is 0 Å². The molecular weight excluding hydrogens is 728 g/mol. The first-order valence-corrected chi connectivity index (χ1v) is 19.5. The van der Waals surface area contributed by atoms with Gasteiger partial charge in [-0.2, -0.15) is 0 Å². The molecule has 0 aromatic rings. The van der Waals surface area contributed by atoms with Crippen molar-refractivity contribution in [3.05, 3.63) is 35.5 Å². The fourth-order valence-electron chi connectivity index (χ4n) is 8.92. The summed E-state index contributed by atoms with van der Waals surface area (Å²) in [5.41, 5.74) is 1.01. The summed E-state index contributed by atoms with van der Waals surface area (Å²) >= 11 is 0. The predicted molar refractivity (Wildman–Crippen MR) is 201 cm³/mol. The molecule has 2 fully saturated rings. The van der Waals surface area contributed by atoms with E-state index in [1.165, 1.54) is 34.6 Å². The molecule has 1 heterocycles. The fraction of sp³-hybridized carbons (Fsp3) is 0.738. The van der Waals surface area contributed by atoms with E-state index in [0.717, 1.165) is 29.6 Å². The van der Waals surface area contributed by atoms with Gasteiger partial charge in [-0.25, -0.2) is 0 Å². The van der Waals surface area contributed by atoms with Gasteiger partial charge in [0.15, 0.2) is 24.6 Å². The van der Waals surface area contributed by atoms with Gasteiger partial charge in [0.2, 0.25) is 0 Å². The molecule has 0 amide bonds. The first kappa shape index (κ1) is 45.1. The Balaban J connectivity index is 2.00. The molecular formula is C42H62O14. The third-order valence-electron chi connectivity index (χ3n) is 11.5.